The largest absolute Gasteiger partial charge is 0.371 e. The Morgan fingerprint density at radius 2 is 1.90 bits per heavy atom. The van der Waals surface area contributed by atoms with Crippen LogP contribution in [0.1, 0.15) is 23.7 Å². The number of carbonyl (C=O) groups excluding carboxylic acids is 1. The number of carbonyl (C=O) groups is 1. The quantitative estimate of drug-likeness (QED) is 0.705. The minimum atomic E-state index is -0.250. The second-order valence-electron chi connectivity index (χ2n) is 4.74. The maximum atomic E-state index is 13.0. The van der Waals surface area contributed by atoms with Gasteiger partial charge in [-0.3, -0.25) is 4.79 Å². The Morgan fingerprint density at radius 3 is 2.52 bits per heavy atom. The van der Waals surface area contributed by atoms with Crippen molar-refractivity contribution in [2.75, 3.05) is 18.0 Å². The maximum absolute atomic E-state index is 13.0. The number of anilines is 1. The second-order valence-corrected chi connectivity index (χ2v) is 5.66. The van der Waals surface area contributed by atoms with Gasteiger partial charge in [0.2, 0.25) is 0 Å². The zero-order valence-corrected chi connectivity index (χ0v) is 13.4. The molecule has 4 heteroatoms. The lowest BCUT2D eigenvalue weighted by Crippen LogP contribution is -2.25. The molecule has 0 fully saturated rings. The summed E-state index contributed by atoms with van der Waals surface area (Å²) in [5, 5.41) is 0. The van der Waals surface area contributed by atoms with E-state index in [4.69, 9.17) is 0 Å². The molecule has 2 aromatic rings. The number of nitrogens with zero attached hydrogens (tertiary/aromatic N) is 1. The van der Waals surface area contributed by atoms with Crippen LogP contribution in [0.3, 0.4) is 0 Å². The second kappa shape index (κ2) is 7.36. The van der Waals surface area contributed by atoms with Crippen LogP contribution >= 0.6 is 15.9 Å². The number of benzene rings is 2. The summed E-state index contributed by atoms with van der Waals surface area (Å²) >= 11 is 3.37. The fraction of sp³-hybridized carbons (Fsp3) is 0.235. The molecule has 2 aromatic carbocycles. The lowest BCUT2D eigenvalue weighted by molar-refractivity contribution is 0.0984. The Balaban J connectivity index is 2.00. The first-order valence-corrected chi connectivity index (χ1v) is 7.68. The lowest BCUT2D eigenvalue weighted by Gasteiger charge is -2.22. The first-order chi connectivity index (χ1) is 10.1. The van der Waals surface area contributed by atoms with E-state index in [1.54, 1.807) is 12.1 Å². The molecular weight excluding hydrogens is 333 g/mol. The van der Waals surface area contributed by atoms with Gasteiger partial charge in [0, 0.05) is 35.2 Å². The topological polar surface area (TPSA) is 20.3 Å². The summed E-state index contributed by atoms with van der Waals surface area (Å²) in [6, 6.07) is 13.8. The number of rotatable bonds is 6. The molecule has 0 N–H and O–H groups in total. The minimum absolute atomic E-state index is 0.108. The Labute approximate surface area is 132 Å². The van der Waals surface area contributed by atoms with Crippen molar-refractivity contribution in [1.82, 2.24) is 0 Å². The summed E-state index contributed by atoms with van der Waals surface area (Å²) in [5.74, 6) is -0.142. The molecular formula is C17H17BrFNO. The van der Waals surface area contributed by atoms with Crippen molar-refractivity contribution in [2.45, 2.75) is 13.3 Å². The molecule has 0 unspecified atom stereocenters. The van der Waals surface area contributed by atoms with E-state index in [1.807, 2.05) is 31.2 Å². The SMILES string of the molecule is CCN(CCC(=O)c1cccc(Br)c1)c1ccc(F)cc1. The van der Waals surface area contributed by atoms with E-state index in [9.17, 15) is 9.18 Å². The Bertz CT molecular complexity index is 612. The van der Waals surface area contributed by atoms with E-state index in [0.717, 1.165) is 16.7 Å². The van der Waals surface area contributed by atoms with Gasteiger partial charge in [0.05, 0.1) is 0 Å². The number of ketones is 1. The van der Waals surface area contributed by atoms with Gasteiger partial charge in [0.1, 0.15) is 5.82 Å². The third-order valence-electron chi connectivity index (χ3n) is 3.33. The normalized spacial score (nSPS) is 10.4. The van der Waals surface area contributed by atoms with Crippen molar-refractivity contribution in [3.8, 4) is 0 Å². The summed E-state index contributed by atoms with van der Waals surface area (Å²) in [7, 11) is 0. The van der Waals surface area contributed by atoms with Crippen LogP contribution in [0.4, 0.5) is 10.1 Å². The van der Waals surface area contributed by atoms with Crippen LogP contribution in [0, 0.1) is 5.82 Å². The predicted octanol–water partition coefficient (Wildman–Crippen LogP) is 4.69. The molecule has 0 atom stereocenters. The Hall–Kier alpha value is -1.68. The van der Waals surface area contributed by atoms with Crippen molar-refractivity contribution in [3.05, 3.63) is 64.4 Å². The van der Waals surface area contributed by atoms with E-state index in [1.165, 1.54) is 12.1 Å². The highest BCUT2D eigenvalue weighted by Crippen LogP contribution is 2.17. The molecule has 21 heavy (non-hydrogen) atoms. The molecule has 2 rings (SSSR count). The Morgan fingerprint density at radius 1 is 1.19 bits per heavy atom. The number of Topliss-reactive ketones (excluding diaryl/α,β-unsaturated/α-hetero) is 1. The average molecular weight is 350 g/mol. The number of halogens is 2. The molecule has 0 radical (unpaired) electrons. The molecule has 110 valence electrons. The van der Waals surface area contributed by atoms with Gasteiger partial charge >= 0.3 is 0 Å². The summed E-state index contributed by atoms with van der Waals surface area (Å²) in [5.41, 5.74) is 1.64. The maximum Gasteiger partial charge on any atom is 0.164 e. The molecule has 0 aromatic heterocycles. The lowest BCUT2D eigenvalue weighted by atomic mass is 10.1. The molecule has 2 nitrogen and oxygen atoms in total. The third-order valence-corrected chi connectivity index (χ3v) is 3.82. The van der Waals surface area contributed by atoms with Crippen LogP contribution in [0.2, 0.25) is 0 Å². The molecule has 0 heterocycles. The number of hydrogen-bond donors (Lipinski definition) is 0. The zero-order chi connectivity index (χ0) is 15.2. The highest BCUT2D eigenvalue weighted by molar-refractivity contribution is 9.10. The van der Waals surface area contributed by atoms with Crippen LogP contribution in [0.25, 0.3) is 0 Å². The van der Waals surface area contributed by atoms with E-state index >= 15 is 0 Å². The first kappa shape index (κ1) is 15.7. The van der Waals surface area contributed by atoms with Crippen molar-refractivity contribution in [3.63, 3.8) is 0 Å². The van der Waals surface area contributed by atoms with Crippen molar-refractivity contribution >= 4 is 27.4 Å². The fourth-order valence-corrected chi connectivity index (χ4v) is 2.56. The molecule has 0 saturated carbocycles. The average Bonchev–Trinajstić information content (AvgIpc) is 2.49. The molecule has 0 bridgehead atoms. The van der Waals surface area contributed by atoms with Crippen LogP contribution in [-0.4, -0.2) is 18.9 Å². The van der Waals surface area contributed by atoms with E-state index in [0.29, 0.717) is 18.5 Å². The summed E-state index contributed by atoms with van der Waals surface area (Å²) in [6.45, 7) is 3.41. The van der Waals surface area contributed by atoms with Crippen LogP contribution < -0.4 is 4.90 Å². The molecule has 0 aliphatic carbocycles. The zero-order valence-electron chi connectivity index (χ0n) is 11.9. The Kier molecular flexibility index (Phi) is 5.51. The smallest absolute Gasteiger partial charge is 0.164 e. The molecule has 0 spiro atoms. The third kappa shape index (κ3) is 4.39. The standard InChI is InChI=1S/C17H17BrFNO/c1-2-20(16-8-6-15(19)7-9-16)11-10-17(21)13-4-3-5-14(18)12-13/h3-9,12H,2,10-11H2,1H3. The van der Waals surface area contributed by atoms with Gasteiger partial charge in [0.15, 0.2) is 5.78 Å². The van der Waals surface area contributed by atoms with Crippen LogP contribution in [0.15, 0.2) is 53.0 Å². The van der Waals surface area contributed by atoms with Gasteiger partial charge in [-0.05, 0) is 43.3 Å². The first-order valence-electron chi connectivity index (χ1n) is 6.89. The van der Waals surface area contributed by atoms with Crippen LogP contribution in [-0.2, 0) is 0 Å². The van der Waals surface area contributed by atoms with Crippen molar-refractivity contribution < 1.29 is 9.18 Å². The van der Waals surface area contributed by atoms with Crippen LogP contribution in [0.5, 0.6) is 0 Å². The number of hydrogen-bond acceptors (Lipinski definition) is 2. The molecule has 0 saturated heterocycles. The van der Waals surface area contributed by atoms with Gasteiger partial charge in [-0.2, -0.15) is 0 Å². The minimum Gasteiger partial charge on any atom is -0.371 e. The van der Waals surface area contributed by atoms with Crippen molar-refractivity contribution in [1.29, 1.82) is 0 Å². The van der Waals surface area contributed by atoms with Gasteiger partial charge in [-0.1, -0.05) is 28.1 Å². The van der Waals surface area contributed by atoms with E-state index in [-0.39, 0.29) is 11.6 Å². The van der Waals surface area contributed by atoms with Gasteiger partial charge in [-0.15, -0.1) is 0 Å². The molecule has 0 aliphatic heterocycles. The summed E-state index contributed by atoms with van der Waals surface area (Å²) < 4.78 is 13.9. The monoisotopic (exact) mass is 349 g/mol. The summed E-state index contributed by atoms with van der Waals surface area (Å²) in [4.78, 5) is 14.3. The highest BCUT2D eigenvalue weighted by Gasteiger charge is 2.10. The van der Waals surface area contributed by atoms with Crippen molar-refractivity contribution in [2.24, 2.45) is 0 Å². The van der Waals surface area contributed by atoms with E-state index < -0.39 is 0 Å². The van der Waals surface area contributed by atoms with Gasteiger partial charge in [-0.25, -0.2) is 4.39 Å². The van der Waals surface area contributed by atoms with Gasteiger partial charge < -0.3 is 4.90 Å². The predicted molar refractivity (Wildman–Crippen MR) is 87.4 cm³/mol. The van der Waals surface area contributed by atoms with E-state index in [2.05, 4.69) is 20.8 Å². The highest BCUT2D eigenvalue weighted by atomic mass is 79.9. The fourth-order valence-electron chi connectivity index (χ4n) is 2.16. The summed E-state index contributed by atoms with van der Waals surface area (Å²) in [6.07, 6.45) is 0.432. The molecule has 0 aliphatic rings. The van der Waals surface area contributed by atoms with Gasteiger partial charge in [0.25, 0.3) is 0 Å². The molecule has 0 amide bonds.